The number of hydrogen-bond acceptors (Lipinski definition) is 3. The van der Waals surface area contributed by atoms with E-state index in [1.165, 1.54) is 25.0 Å². The summed E-state index contributed by atoms with van der Waals surface area (Å²) in [7, 11) is 0. The van der Waals surface area contributed by atoms with Crippen molar-refractivity contribution in [3.8, 4) is 0 Å². The summed E-state index contributed by atoms with van der Waals surface area (Å²) in [4.78, 5) is 0. The number of hydrogen-bond donors (Lipinski definition) is 2. The van der Waals surface area contributed by atoms with E-state index in [-0.39, 0.29) is 6.61 Å². The molecule has 2 nitrogen and oxygen atoms in total. The minimum atomic E-state index is 0.265. The highest BCUT2D eigenvalue weighted by atomic mass is 32.2. The smallest absolute Gasteiger partial charge is 0.0592 e. The van der Waals surface area contributed by atoms with Crippen LogP contribution in [0.2, 0.25) is 0 Å². The normalized spacial score (nSPS) is 13.1. The van der Waals surface area contributed by atoms with Crippen LogP contribution in [0.4, 0.5) is 0 Å². The maximum Gasteiger partial charge on any atom is 0.0592 e. The Balaban J connectivity index is 3.24. The van der Waals surface area contributed by atoms with E-state index in [1.54, 1.807) is 0 Å². The molecule has 0 aromatic rings. The molecular formula is C11H25NOS. The Bertz CT molecular complexity index is 111. The van der Waals surface area contributed by atoms with Gasteiger partial charge >= 0.3 is 0 Å². The molecule has 3 heteroatoms. The van der Waals surface area contributed by atoms with E-state index in [0.29, 0.717) is 6.04 Å². The average molecular weight is 219 g/mol. The maximum absolute atomic E-state index is 9.08. The number of unbranched alkanes of at least 4 members (excludes halogenated alkanes) is 2. The second-order valence-corrected chi connectivity index (χ2v) is 4.77. The van der Waals surface area contributed by atoms with Crippen LogP contribution in [0.1, 0.15) is 39.5 Å². The standard InChI is InChI=1S/C11H25NOS/c1-3-5-6-8-14-10-11(9-13)12-7-4-2/h11-13H,3-10H2,1-2H3. The Labute approximate surface area is 92.9 Å². The van der Waals surface area contributed by atoms with Crippen molar-refractivity contribution in [3.05, 3.63) is 0 Å². The molecule has 0 heterocycles. The molecule has 0 fully saturated rings. The predicted octanol–water partition coefficient (Wildman–Crippen LogP) is 2.27. The molecule has 0 aromatic heterocycles. The Hall–Kier alpha value is 0.270. The fraction of sp³-hybridized carbons (Fsp3) is 1.00. The van der Waals surface area contributed by atoms with Crippen LogP contribution in [0.15, 0.2) is 0 Å². The molecule has 0 spiro atoms. The second kappa shape index (κ2) is 11.3. The molecule has 0 saturated heterocycles. The molecule has 0 saturated carbocycles. The molecule has 0 amide bonds. The first kappa shape index (κ1) is 14.3. The topological polar surface area (TPSA) is 32.3 Å². The molecule has 14 heavy (non-hydrogen) atoms. The zero-order chi connectivity index (χ0) is 10.6. The predicted molar refractivity (Wildman–Crippen MR) is 66.0 cm³/mol. The summed E-state index contributed by atoms with van der Waals surface area (Å²) in [5, 5.41) is 12.4. The van der Waals surface area contributed by atoms with Crippen LogP contribution in [0.5, 0.6) is 0 Å². The molecular weight excluding hydrogens is 194 g/mol. The first-order valence-corrected chi connectivity index (χ1v) is 6.92. The first-order chi connectivity index (χ1) is 6.85. The summed E-state index contributed by atoms with van der Waals surface area (Å²) in [6.45, 7) is 5.65. The number of thioether (sulfide) groups is 1. The fourth-order valence-electron chi connectivity index (χ4n) is 1.20. The van der Waals surface area contributed by atoms with Crippen LogP contribution in [0.3, 0.4) is 0 Å². The molecule has 2 N–H and O–H groups in total. The lowest BCUT2D eigenvalue weighted by molar-refractivity contribution is 0.254. The number of aliphatic hydroxyl groups is 1. The quantitative estimate of drug-likeness (QED) is 0.553. The SMILES string of the molecule is CCCCCSCC(CO)NCCC. The van der Waals surface area contributed by atoms with E-state index >= 15 is 0 Å². The van der Waals surface area contributed by atoms with Crippen LogP contribution in [-0.4, -0.2) is 35.8 Å². The zero-order valence-electron chi connectivity index (χ0n) is 9.59. The summed E-state index contributed by atoms with van der Waals surface area (Å²) in [6, 6.07) is 0.293. The van der Waals surface area contributed by atoms with Gasteiger partial charge in [-0.3, -0.25) is 0 Å². The van der Waals surface area contributed by atoms with Gasteiger partial charge in [0.1, 0.15) is 0 Å². The lowest BCUT2D eigenvalue weighted by Gasteiger charge is -2.14. The van der Waals surface area contributed by atoms with Crippen molar-refractivity contribution < 1.29 is 5.11 Å². The van der Waals surface area contributed by atoms with Gasteiger partial charge in [0, 0.05) is 11.8 Å². The molecule has 1 atom stereocenters. The van der Waals surface area contributed by atoms with Gasteiger partial charge in [-0.15, -0.1) is 0 Å². The van der Waals surface area contributed by atoms with Gasteiger partial charge in [-0.05, 0) is 25.1 Å². The third-order valence-corrected chi connectivity index (χ3v) is 3.33. The Morgan fingerprint density at radius 1 is 1.21 bits per heavy atom. The van der Waals surface area contributed by atoms with E-state index in [4.69, 9.17) is 5.11 Å². The third kappa shape index (κ3) is 8.85. The van der Waals surface area contributed by atoms with Gasteiger partial charge in [0.2, 0.25) is 0 Å². The number of nitrogens with one attached hydrogen (secondary N) is 1. The molecule has 0 aliphatic carbocycles. The highest BCUT2D eigenvalue weighted by Crippen LogP contribution is 2.07. The molecule has 1 unspecified atom stereocenters. The Morgan fingerprint density at radius 3 is 2.57 bits per heavy atom. The third-order valence-electron chi connectivity index (χ3n) is 2.11. The van der Waals surface area contributed by atoms with Gasteiger partial charge in [0.25, 0.3) is 0 Å². The van der Waals surface area contributed by atoms with Gasteiger partial charge in [-0.25, -0.2) is 0 Å². The van der Waals surface area contributed by atoms with Crippen LogP contribution in [0.25, 0.3) is 0 Å². The van der Waals surface area contributed by atoms with Crippen molar-refractivity contribution in [2.75, 3.05) is 24.7 Å². The number of rotatable bonds is 10. The molecule has 0 aromatic carbocycles. The lowest BCUT2D eigenvalue weighted by Crippen LogP contribution is -2.35. The summed E-state index contributed by atoms with van der Waals surface area (Å²) in [6.07, 6.45) is 5.07. The molecule has 0 rings (SSSR count). The van der Waals surface area contributed by atoms with Gasteiger partial charge in [0.05, 0.1) is 6.61 Å². The zero-order valence-corrected chi connectivity index (χ0v) is 10.4. The lowest BCUT2D eigenvalue weighted by atomic mass is 10.3. The molecule has 0 bridgehead atoms. The summed E-state index contributed by atoms with van der Waals surface area (Å²) in [5.41, 5.74) is 0. The van der Waals surface area contributed by atoms with Crippen molar-refractivity contribution in [3.63, 3.8) is 0 Å². The maximum atomic E-state index is 9.08. The van der Waals surface area contributed by atoms with E-state index < -0.39 is 0 Å². The summed E-state index contributed by atoms with van der Waals surface area (Å²) < 4.78 is 0. The minimum absolute atomic E-state index is 0.265. The average Bonchev–Trinajstić information content (AvgIpc) is 2.22. The second-order valence-electron chi connectivity index (χ2n) is 3.62. The van der Waals surface area contributed by atoms with Gasteiger partial charge < -0.3 is 10.4 Å². The monoisotopic (exact) mass is 219 g/mol. The van der Waals surface area contributed by atoms with Crippen LogP contribution >= 0.6 is 11.8 Å². The van der Waals surface area contributed by atoms with Crippen molar-refractivity contribution in [2.24, 2.45) is 0 Å². The highest BCUT2D eigenvalue weighted by molar-refractivity contribution is 7.99. The van der Waals surface area contributed by atoms with E-state index in [1.807, 2.05) is 11.8 Å². The Kier molecular flexibility index (Phi) is 11.6. The van der Waals surface area contributed by atoms with Gasteiger partial charge in [-0.1, -0.05) is 26.7 Å². The van der Waals surface area contributed by atoms with Gasteiger partial charge in [0.15, 0.2) is 0 Å². The van der Waals surface area contributed by atoms with Crippen molar-refractivity contribution in [1.82, 2.24) is 5.32 Å². The van der Waals surface area contributed by atoms with Crippen LogP contribution in [0, 0.1) is 0 Å². The van der Waals surface area contributed by atoms with E-state index in [2.05, 4.69) is 19.2 Å². The highest BCUT2D eigenvalue weighted by Gasteiger charge is 2.04. The van der Waals surface area contributed by atoms with Crippen molar-refractivity contribution in [1.29, 1.82) is 0 Å². The van der Waals surface area contributed by atoms with E-state index in [9.17, 15) is 0 Å². The number of aliphatic hydroxyl groups excluding tert-OH is 1. The minimum Gasteiger partial charge on any atom is -0.395 e. The largest absolute Gasteiger partial charge is 0.395 e. The van der Waals surface area contributed by atoms with Crippen LogP contribution in [-0.2, 0) is 0 Å². The Morgan fingerprint density at radius 2 is 2.00 bits per heavy atom. The fourth-order valence-corrected chi connectivity index (χ4v) is 2.29. The van der Waals surface area contributed by atoms with Gasteiger partial charge in [-0.2, -0.15) is 11.8 Å². The molecule has 86 valence electrons. The summed E-state index contributed by atoms with van der Waals surface area (Å²) in [5.74, 6) is 2.28. The van der Waals surface area contributed by atoms with Crippen molar-refractivity contribution >= 4 is 11.8 Å². The molecule has 0 aliphatic rings. The molecule has 0 radical (unpaired) electrons. The summed E-state index contributed by atoms with van der Waals surface area (Å²) >= 11 is 1.95. The van der Waals surface area contributed by atoms with E-state index in [0.717, 1.165) is 18.7 Å². The molecule has 0 aliphatic heterocycles. The van der Waals surface area contributed by atoms with Crippen molar-refractivity contribution in [2.45, 2.75) is 45.6 Å². The first-order valence-electron chi connectivity index (χ1n) is 5.77. The van der Waals surface area contributed by atoms with Crippen LogP contribution < -0.4 is 5.32 Å².